The molecule has 64 heavy (non-hydrogen) atoms. The molecule has 1 aromatic rings. The fourth-order valence-corrected chi connectivity index (χ4v) is 5.73. The van der Waals surface area contributed by atoms with Gasteiger partial charge in [-0.05, 0) is 100.0 Å². The van der Waals surface area contributed by atoms with Gasteiger partial charge in [-0.15, -0.1) is 0 Å². The minimum Gasteiger partial charge on any atom is -0.460 e. The van der Waals surface area contributed by atoms with Gasteiger partial charge in [0.1, 0.15) is 47.1 Å². The molecule has 0 bridgehead atoms. The summed E-state index contributed by atoms with van der Waals surface area (Å²) in [5.74, 6) is -0.646. The topological polar surface area (TPSA) is 220 Å². The van der Waals surface area contributed by atoms with Crippen LogP contribution in [0.5, 0.6) is 0 Å². The first-order valence-electron chi connectivity index (χ1n) is 22.4. The number of alkyl carbamates (subject to hydrolysis) is 3. The standard InChI is InChI=1S/C47H77N3O14/c1-44(2,3)62-39(53)24-17-11-15-22-37(51)26-30-58-33-47(50-43(57)60-32-36-20-13-10-14-21-36,35-61-41(55)48-28-19-29-49-42(56)64-46(7,8)9)34-59-31-27-38(52)23-16-12-18-25-40(54)63-45(4,5)6/h10,13-14,20-21H,11-12,15-19,22-35H2,1-9H3,(H,48,55)(H,49,56)(H,50,57). The van der Waals surface area contributed by atoms with Crippen LogP contribution in [0.25, 0.3) is 0 Å². The predicted octanol–water partition coefficient (Wildman–Crippen LogP) is 7.83. The molecule has 17 nitrogen and oxygen atoms in total. The molecule has 1 aromatic carbocycles. The molecule has 0 saturated carbocycles. The van der Waals surface area contributed by atoms with Gasteiger partial charge in [-0.3, -0.25) is 19.2 Å². The number of ether oxygens (including phenoxy) is 7. The molecule has 0 heterocycles. The summed E-state index contributed by atoms with van der Waals surface area (Å²) in [7, 11) is 0. The van der Waals surface area contributed by atoms with Crippen molar-refractivity contribution in [2.24, 2.45) is 0 Å². The number of carbonyl (C=O) groups excluding carboxylic acids is 7. The summed E-state index contributed by atoms with van der Waals surface area (Å²) in [6.45, 7) is 15.5. The van der Waals surface area contributed by atoms with E-state index < -0.39 is 47.2 Å². The molecule has 0 saturated heterocycles. The Morgan fingerprint density at radius 1 is 0.469 bits per heavy atom. The van der Waals surface area contributed by atoms with Gasteiger partial charge in [0.2, 0.25) is 0 Å². The van der Waals surface area contributed by atoms with E-state index in [1.165, 1.54) is 0 Å². The Morgan fingerprint density at radius 3 is 1.39 bits per heavy atom. The van der Waals surface area contributed by atoms with Gasteiger partial charge in [-0.1, -0.05) is 43.2 Å². The van der Waals surface area contributed by atoms with Crippen molar-refractivity contribution in [1.82, 2.24) is 16.0 Å². The van der Waals surface area contributed by atoms with E-state index in [1.54, 1.807) is 45.0 Å². The molecular weight excluding hydrogens is 831 g/mol. The number of unbranched alkanes of at least 4 members (excludes halogenated alkanes) is 4. The third kappa shape index (κ3) is 32.8. The Hall–Kier alpha value is -4.77. The van der Waals surface area contributed by atoms with Gasteiger partial charge in [0.15, 0.2) is 0 Å². The van der Waals surface area contributed by atoms with Crippen LogP contribution in [-0.2, 0) is 58.9 Å². The van der Waals surface area contributed by atoms with E-state index in [-0.39, 0.29) is 95.3 Å². The van der Waals surface area contributed by atoms with E-state index in [4.69, 9.17) is 33.2 Å². The van der Waals surface area contributed by atoms with Crippen molar-refractivity contribution in [2.45, 2.75) is 175 Å². The number of benzene rings is 1. The van der Waals surface area contributed by atoms with Crippen LogP contribution in [0.15, 0.2) is 30.3 Å². The highest BCUT2D eigenvalue weighted by Crippen LogP contribution is 2.16. The number of rotatable bonds is 31. The molecule has 0 spiro atoms. The van der Waals surface area contributed by atoms with E-state index in [1.807, 2.05) is 47.6 Å². The Balaban J connectivity index is 2.93. The second kappa shape index (κ2) is 30.4. The summed E-state index contributed by atoms with van der Waals surface area (Å²) in [4.78, 5) is 87.6. The summed E-state index contributed by atoms with van der Waals surface area (Å²) < 4.78 is 38.8. The lowest BCUT2D eigenvalue weighted by molar-refractivity contribution is -0.156. The summed E-state index contributed by atoms with van der Waals surface area (Å²) in [6, 6.07) is 9.02. The monoisotopic (exact) mass is 908 g/mol. The van der Waals surface area contributed by atoms with E-state index >= 15 is 0 Å². The third-order valence-electron chi connectivity index (χ3n) is 8.67. The zero-order valence-electron chi connectivity index (χ0n) is 40.0. The Labute approximate surface area is 380 Å². The number of ketones is 2. The smallest absolute Gasteiger partial charge is 0.408 e. The highest BCUT2D eigenvalue weighted by molar-refractivity contribution is 5.79. The number of carbonyl (C=O) groups is 7. The zero-order valence-corrected chi connectivity index (χ0v) is 40.0. The maximum absolute atomic E-state index is 13.3. The average molecular weight is 908 g/mol. The van der Waals surface area contributed by atoms with Crippen LogP contribution in [0.2, 0.25) is 0 Å². The van der Waals surface area contributed by atoms with Crippen molar-refractivity contribution >= 4 is 41.8 Å². The molecule has 0 aromatic heterocycles. The van der Waals surface area contributed by atoms with Gasteiger partial charge >= 0.3 is 30.2 Å². The fourth-order valence-electron chi connectivity index (χ4n) is 5.73. The van der Waals surface area contributed by atoms with Gasteiger partial charge in [-0.25, -0.2) is 14.4 Å². The normalized spacial score (nSPS) is 11.8. The van der Waals surface area contributed by atoms with Crippen LogP contribution in [0, 0.1) is 0 Å². The van der Waals surface area contributed by atoms with Crippen molar-refractivity contribution in [2.75, 3.05) is 46.1 Å². The highest BCUT2D eigenvalue weighted by atomic mass is 16.6. The fraction of sp³-hybridized carbons (Fsp3) is 0.723. The lowest BCUT2D eigenvalue weighted by Gasteiger charge is -2.33. The van der Waals surface area contributed by atoms with E-state index in [2.05, 4.69) is 16.0 Å². The molecule has 0 radical (unpaired) electrons. The Bertz CT molecular complexity index is 1510. The van der Waals surface area contributed by atoms with Crippen LogP contribution in [-0.4, -0.2) is 110 Å². The quantitative estimate of drug-likeness (QED) is 0.0367. The molecule has 364 valence electrons. The van der Waals surface area contributed by atoms with Gasteiger partial charge in [0, 0.05) is 51.6 Å². The van der Waals surface area contributed by atoms with Crippen molar-refractivity contribution in [3.8, 4) is 0 Å². The van der Waals surface area contributed by atoms with Gasteiger partial charge in [0.05, 0.1) is 26.4 Å². The Morgan fingerprint density at radius 2 is 0.922 bits per heavy atom. The first-order chi connectivity index (χ1) is 30.0. The van der Waals surface area contributed by atoms with Gasteiger partial charge in [-0.2, -0.15) is 0 Å². The zero-order chi connectivity index (χ0) is 48.1. The van der Waals surface area contributed by atoms with Crippen LogP contribution in [0.1, 0.15) is 151 Å². The molecule has 0 unspecified atom stereocenters. The van der Waals surface area contributed by atoms with Gasteiger partial charge in [0.25, 0.3) is 0 Å². The number of Topliss-reactive ketones (excluding diaryl/α,β-unsaturated/α-hetero) is 2. The van der Waals surface area contributed by atoms with Crippen molar-refractivity contribution in [3.05, 3.63) is 35.9 Å². The summed E-state index contributed by atoms with van der Waals surface area (Å²) in [5.41, 5.74) is -2.54. The summed E-state index contributed by atoms with van der Waals surface area (Å²) in [5, 5.41) is 7.98. The molecule has 1 rings (SSSR count). The van der Waals surface area contributed by atoms with E-state index in [9.17, 15) is 33.6 Å². The average Bonchev–Trinajstić information content (AvgIpc) is 3.17. The van der Waals surface area contributed by atoms with Crippen LogP contribution >= 0.6 is 0 Å². The summed E-state index contributed by atoms with van der Waals surface area (Å²) in [6.07, 6.45) is 3.16. The maximum Gasteiger partial charge on any atom is 0.408 e. The molecule has 17 heteroatoms. The molecule has 0 fully saturated rings. The van der Waals surface area contributed by atoms with Crippen molar-refractivity contribution in [3.63, 3.8) is 0 Å². The molecule has 0 aliphatic carbocycles. The number of nitrogens with one attached hydrogen (secondary N) is 3. The van der Waals surface area contributed by atoms with E-state index in [0.29, 0.717) is 57.8 Å². The second-order valence-electron chi connectivity index (χ2n) is 18.7. The SMILES string of the molecule is CC(C)(C)OC(=O)CCCCCC(=O)CCOCC(COCCC(=O)CCCCCC(=O)OC(C)(C)C)(COC(=O)NCCCNC(=O)OC(C)(C)C)NC(=O)OCc1ccccc1. The minimum atomic E-state index is -1.52. The van der Waals surface area contributed by atoms with Crippen molar-refractivity contribution in [1.29, 1.82) is 0 Å². The number of hydrogen-bond donors (Lipinski definition) is 3. The van der Waals surface area contributed by atoms with Crippen molar-refractivity contribution < 1.29 is 66.7 Å². The lowest BCUT2D eigenvalue weighted by atomic mass is 10.0. The maximum atomic E-state index is 13.3. The molecule has 3 amide bonds. The largest absolute Gasteiger partial charge is 0.460 e. The lowest BCUT2D eigenvalue weighted by Crippen LogP contribution is -2.59. The van der Waals surface area contributed by atoms with Crippen LogP contribution in [0.4, 0.5) is 14.4 Å². The molecular formula is C47H77N3O14. The van der Waals surface area contributed by atoms with E-state index in [0.717, 1.165) is 5.56 Å². The predicted molar refractivity (Wildman–Crippen MR) is 239 cm³/mol. The number of hydrogen-bond acceptors (Lipinski definition) is 14. The first-order valence-corrected chi connectivity index (χ1v) is 22.4. The minimum absolute atomic E-state index is 0.0114. The molecule has 0 aliphatic heterocycles. The van der Waals surface area contributed by atoms with Crippen LogP contribution in [0.3, 0.4) is 0 Å². The first kappa shape index (κ1) is 57.2. The van der Waals surface area contributed by atoms with Crippen LogP contribution < -0.4 is 16.0 Å². The Kier molecular flexibility index (Phi) is 27.2. The highest BCUT2D eigenvalue weighted by Gasteiger charge is 2.36. The third-order valence-corrected chi connectivity index (χ3v) is 8.67. The second-order valence-corrected chi connectivity index (χ2v) is 18.7. The molecule has 3 N–H and O–H groups in total. The number of amides is 3. The van der Waals surface area contributed by atoms with Gasteiger partial charge < -0.3 is 49.1 Å². The summed E-state index contributed by atoms with van der Waals surface area (Å²) >= 11 is 0. The molecule has 0 atom stereocenters. The number of esters is 2. The molecule has 0 aliphatic rings.